The molecule has 1 fully saturated rings. The Hall–Kier alpha value is -0.870. The van der Waals surface area contributed by atoms with Crippen LogP contribution in [0.2, 0.25) is 0 Å². The fourth-order valence-electron chi connectivity index (χ4n) is 3.51. The number of nitrogens with one attached hydrogen (secondary N) is 3. The molecule has 27 heavy (non-hydrogen) atoms. The third kappa shape index (κ3) is 8.35. The van der Waals surface area contributed by atoms with Crippen molar-refractivity contribution in [3.05, 3.63) is 35.9 Å². The molecule has 3 N–H and O–H groups in total. The van der Waals surface area contributed by atoms with Gasteiger partial charge in [0.1, 0.15) is 0 Å². The van der Waals surface area contributed by atoms with Crippen LogP contribution < -0.4 is 15.4 Å². The molecule has 8 heteroatoms. The van der Waals surface area contributed by atoms with Gasteiger partial charge in [-0.2, -0.15) is 0 Å². The molecule has 2 rings (SSSR count). The Labute approximate surface area is 181 Å². The van der Waals surface area contributed by atoms with E-state index in [4.69, 9.17) is 4.99 Å². The smallest absolute Gasteiger partial charge is 0.208 e. The van der Waals surface area contributed by atoms with Gasteiger partial charge in [-0.05, 0) is 31.7 Å². The van der Waals surface area contributed by atoms with Crippen LogP contribution >= 0.6 is 24.0 Å². The Morgan fingerprint density at radius 2 is 1.78 bits per heavy atom. The van der Waals surface area contributed by atoms with Crippen LogP contribution in [0.4, 0.5) is 0 Å². The van der Waals surface area contributed by atoms with Crippen LogP contribution in [0, 0.1) is 0 Å². The van der Waals surface area contributed by atoms with Gasteiger partial charge in [-0.25, -0.2) is 13.1 Å². The highest BCUT2D eigenvalue weighted by molar-refractivity contribution is 14.0. The van der Waals surface area contributed by atoms with Crippen LogP contribution in [0.15, 0.2) is 35.3 Å². The Morgan fingerprint density at radius 1 is 1.11 bits per heavy atom. The van der Waals surface area contributed by atoms with Crippen molar-refractivity contribution in [1.29, 1.82) is 0 Å². The first-order valence-corrected chi connectivity index (χ1v) is 11.4. The molecular formula is C19H33IN4O2S. The molecule has 0 heterocycles. The first kappa shape index (κ1) is 24.2. The van der Waals surface area contributed by atoms with Crippen LogP contribution in [0.25, 0.3) is 0 Å². The van der Waals surface area contributed by atoms with Gasteiger partial charge in [0.2, 0.25) is 10.0 Å². The third-order valence-electron chi connectivity index (χ3n) is 4.84. The summed E-state index contributed by atoms with van der Waals surface area (Å²) in [6.45, 7) is 4.72. The molecular weight excluding hydrogens is 475 g/mol. The zero-order valence-electron chi connectivity index (χ0n) is 16.3. The SMILES string of the molecule is CCNC(=NCC1(c2ccccc2)CCCC1)NCCCNS(C)(=O)=O.I. The molecule has 1 aliphatic rings. The van der Waals surface area contributed by atoms with Crippen molar-refractivity contribution >= 4 is 40.0 Å². The zero-order valence-corrected chi connectivity index (χ0v) is 19.5. The van der Waals surface area contributed by atoms with E-state index >= 15 is 0 Å². The average molecular weight is 508 g/mol. The summed E-state index contributed by atoms with van der Waals surface area (Å²) in [4.78, 5) is 4.85. The van der Waals surface area contributed by atoms with Gasteiger partial charge in [0.05, 0.1) is 12.8 Å². The van der Waals surface area contributed by atoms with Gasteiger partial charge < -0.3 is 10.6 Å². The molecule has 0 amide bonds. The van der Waals surface area contributed by atoms with Gasteiger partial charge in [0, 0.05) is 25.0 Å². The number of hydrogen-bond acceptors (Lipinski definition) is 3. The van der Waals surface area contributed by atoms with Gasteiger partial charge in [-0.3, -0.25) is 4.99 Å². The highest BCUT2D eigenvalue weighted by atomic mass is 127. The lowest BCUT2D eigenvalue weighted by atomic mass is 9.79. The van der Waals surface area contributed by atoms with Crippen LogP contribution in [0.1, 0.15) is 44.6 Å². The Bertz CT molecular complexity index is 674. The Kier molecular flexibility index (Phi) is 10.6. The van der Waals surface area contributed by atoms with Crippen molar-refractivity contribution in [1.82, 2.24) is 15.4 Å². The standard InChI is InChI=1S/C19H32N4O2S.HI/c1-3-20-18(21-14-9-15-23-26(2,24)25)22-16-19(12-7-8-13-19)17-10-5-4-6-11-17;/h4-6,10-11,23H,3,7-9,12-16H2,1-2H3,(H2,20,21,22);1H. The Balaban J connectivity index is 0.00000364. The van der Waals surface area contributed by atoms with E-state index in [2.05, 4.69) is 45.7 Å². The van der Waals surface area contributed by atoms with E-state index in [1.807, 2.05) is 6.92 Å². The minimum Gasteiger partial charge on any atom is -0.357 e. The van der Waals surface area contributed by atoms with Crippen molar-refractivity contribution in [2.75, 3.05) is 32.4 Å². The maximum absolute atomic E-state index is 11.1. The van der Waals surface area contributed by atoms with Crippen LogP contribution in [0.5, 0.6) is 0 Å². The summed E-state index contributed by atoms with van der Waals surface area (Å²) >= 11 is 0. The van der Waals surface area contributed by atoms with Crippen molar-refractivity contribution in [2.45, 2.75) is 44.4 Å². The third-order valence-corrected chi connectivity index (χ3v) is 5.57. The minimum atomic E-state index is -3.12. The lowest BCUT2D eigenvalue weighted by Crippen LogP contribution is -2.40. The van der Waals surface area contributed by atoms with Crippen LogP contribution in [-0.2, 0) is 15.4 Å². The lowest BCUT2D eigenvalue weighted by molar-refractivity contribution is 0.452. The highest BCUT2D eigenvalue weighted by Crippen LogP contribution is 2.41. The maximum atomic E-state index is 11.1. The normalized spacial score (nSPS) is 16.6. The molecule has 154 valence electrons. The molecule has 1 aliphatic carbocycles. The van der Waals surface area contributed by atoms with E-state index < -0.39 is 10.0 Å². The van der Waals surface area contributed by atoms with E-state index in [0.717, 1.165) is 19.0 Å². The van der Waals surface area contributed by atoms with Gasteiger partial charge in [-0.1, -0.05) is 43.2 Å². The molecule has 0 saturated heterocycles. The van der Waals surface area contributed by atoms with E-state index in [0.29, 0.717) is 19.5 Å². The molecule has 0 unspecified atom stereocenters. The summed E-state index contributed by atoms with van der Waals surface area (Å²) in [5.74, 6) is 0.800. The summed E-state index contributed by atoms with van der Waals surface area (Å²) in [6.07, 6.45) is 6.76. The number of aliphatic imine (C=N–C) groups is 1. The number of nitrogens with zero attached hydrogens (tertiary/aromatic N) is 1. The van der Waals surface area contributed by atoms with E-state index in [1.54, 1.807) is 0 Å². The second kappa shape index (κ2) is 11.9. The molecule has 1 aromatic carbocycles. The van der Waals surface area contributed by atoms with E-state index in [9.17, 15) is 8.42 Å². The van der Waals surface area contributed by atoms with Crippen molar-refractivity contribution < 1.29 is 8.42 Å². The van der Waals surface area contributed by atoms with Gasteiger partial charge in [0.25, 0.3) is 0 Å². The highest BCUT2D eigenvalue weighted by Gasteiger charge is 2.35. The Morgan fingerprint density at radius 3 is 2.37 bits per heavy atom. The molecule has 0 spiro atoms. The summed E-state index contributed by atoms with van der Waals surface area (Å²) in [7, 11) is -3.12. The topological polar surface area (TPSA) is 82.6 Å². The molecule has 0 radical (unpaired) electrons. The van der Waals surface area contributed by atoms with E-state index in [-0.39, 0.29) is 29.4 Å². The first-order chi connectivity index (χ1) is 12.5. The molecule has 1 aromatic rings. The minimum absolute atomic E-state index is 0. The summed E-state index contributed by atoms with van der Waals surface area (Å²) in [5, 5.41) is 6.59. The molecule has 0 aliphatic heterocycles. The van der Waals surface area contributed by atoms with Gasteiger partial charge >= 0.3 is 0 Å². The number of benzene rings is 1. The molecule has 1 saturated carbocycles. The summed E-state index contributed by atoms with van der Waals surface area (Å²) in [6, 6.07) is 10.7. The second-order valence-electron chi connectivity index (χ2n) is 7.00. The predicted molar refractivity (Wildman–Crippen MR) is 123 cm³/mol. The first-order valence-electron chi connectivity index (χ1n) is 9.47. The van der Waals surface area contributed by atoms with Crippen molar-refractivity contribution in [3.8, 4) is 0 Å². The number of rotatable bonds is 9. The summed E-state index contributed by atoms with van der Waals surface area (Å²) < 4.78 is 24.7. The quantitative estimate of drug-likeness (QED) is 0.207. The monoisotopic (exact) mass is 508 g/mol. The van der Waals surface area contributed by atoms with Gasteiger partial charge in [0.15, 0.2) is 5.96 Å². The lowest BCUT2D eigenvalue weighted by Gasteiger charge is -2.28. The predicted octanol–water partition coefficient (Wildman–Crippen LogP) is 2.61. The van der Waals surface area contributed by atoms with Gasteiger partial charge in [-0.15, -0.1) is 24.0 Å². The largest absolute Gasteiger partial charge is 0.357 e. The van der Waals surface area contributed by atoms with Crippen molar-refractivity contribution in [3.63, 3.8) is 0 Å². The molecule has 0 bridgehead atoms. The fraction of sp³-hybridized carbons (Fsp3) is 0.632. The zero-order chi connectivity index (χ0) is 18.9. The molecule has 6 nitrogen and oxygen atoms in total. The maximum Gasteiger partial charge on any atom is 0.208 e. The molecule has 0 atom stereocenters. The summed E-state index contributed by atoms with van der Waals surface area (Å²) in [5.41, 5.74) is 1.52. The number of hydrogen-bond donors (Lipinski definition) is 3. The van der Waals surface area contributed by atoms with E-state index in [1.165, 1.54) is 37.5 Å². The second-order valence-corrected chi connectivity index (χ2v) is 8.83. The van der Waals surface area contributed by atoms with Crippen molar-refractivity contribution in [2.24, 2.45) is 4.99 Å². The number of halogens is 1. The fourth-order valence-corrected chi connectivity index (χ4v) is 4.02. The number of guanidine groups is 1. The number of sulfonamides is 1. The van der Waals surface area contributed by atoms with Crippen LogP contribution in [-0.4, -0.2) is 46.8 Å². The average Bonchev–Trinajstić information content (AvgIpc) is 3.09. The molecule has 0 aromatic heterocycles. The van der Waals surface area contributed by atoms with Crippen LogP contribution in [0.3, 0.4) is 0 Å².